The van der Waals surface area contributed by atoms with Crippen molar-refractivity contribution in [1.29, 1.82) is 0 Å². The van der Waals surface area contributed by atoms with Gasteiger partial charge in [0.2, 0.25) is 0 Å². The van der Waals surface area contributed by atoms with Gasteiger partial charge in [-0.3, -0.25) is 9.59 Å². The number of rotatable bonds is 9. The number of aryl methyl sites for hydroxylation is 1. The molecule has 0 aliphatic heterocycles. The smallest absolute Gasteiger partial charge is 0.267 e. The molecule has 0 saturated heterocycles. The van der Waals surface area contributed by atoms with Gasteiger partial charge in [-0.15, -0.1) is 11.3 Å². The van der Waals surface area contributed by atoms with Gasteiger partial charge in [-0.1, -0.05) is 19.9 Å². The van der Waals surface area contributed by atoms with Crippen LogP contribution < -0.4 is 10.6 Å². The van der Waals surface area contributed by atoms with E-state index < -0.39 is 0 Å². The summed E-state index contributed by atoms with van der Waals surface area (Å²) in [5.41, 5.74) is 1.08. The van der Waals surface area contributed by atoms with Gasteiger partial charge < -0.3 is 20.1 Å². The molecule has 2 N–H and O–H groups in total. The molecule has 0 aliphatic carbocycles. The number of hydrogen-bond acceptors (Lipinski definition) is 4. The van der Waals surface area contributed by atoms with Crippen molar-refractivity contribution in [2.75, 3.05) is 26.2 Å². The first-order valence-corrected chi connectivity index (χ1v) is 9.61. The van der Waals surface area contributed by atoms with E-state index in [4.69, 9.17) is 0 Å². The Morgan fingerprint density at radius 3 is 2.58 bits per heavy atom. The molecule has 2 heterocycles. The predicted octanol–water partition coefficient (Wildman–Crippen LogP) is 2.32. The van der Waals surface area contributed by atoms with Gasteiger partial charge in [0.05, 0.1) is 4.88 Å². The lowest BCUT2D eigenvalue weighted by Gasteiger charge is -2.18. The van der Waals surface area contributed by atoms with E-state index in [2.05, 4.69) is 29.4 Å². The van der Waals surface area contributed by atoms with Crippen molar-refractivity contribution in [2.45, 2.75) is 13.8 Å². The van der Waals surface area contributed by atoms with E-state index in [1.54, 1.807) is 12.1 Å². The summed E-state index contributed by atoms with van der Waals surface area (Å²) in [5.74, 6) is -0.567. The molecule has 2 aromatic heterocycles. The summed E-state index contributed by atoms with van der Waals surface area (Å²) in [6, 6.07) is 7.33. The first-order chi connectivity index (χ1) is 12.5. The molecule has 26 heavy (non-hydrogen) atoms. The number of likely N-dealkylation sites (N-methyl/N-ethyl adjacent to an activating group) is 1. The van der Waals surface area contributed by atoms with Gasteiger partial charge in [-0.2, -0.15) is 0 Å². The minimum absolute atomic E-state index is 0.241. The number of aromatic nitrogens is 1. The lowest BCUT2D eigenvalue weighted by molar-refractivity contribution is -0.117. The third-order valence-electron chi connectivity index (χ3n) is 4.12. The van der Waals surface area contributed by atoms with Gasteiger partial charge in [0.1, 0.15) is 5.70 Å². The Morgan fingerprint density at radius 2 is 2.00 bits per heavy atom. The topological polar surface area (TPSA) is 66.4 Å². The first kappa shape index (κ1) is 19.9. The van der Waals surface area contributed by atoms with Crippen LogP contribution in [0.3, 0.4) is 0 Å². The van der Waals surface area contributed by atoms with Gasteiger partial charge in [0.25, 0.3) is 11.8 Å². The number of nitrogens with one attached hydrogen (secondary N) is 2. The molecule has 0 atom stereocenters. The maximum absolute atomic E-state index is 12.6. The van der Waals surface area contributed by atoms with Crippen LogP contribution in [-0.2, 0) is 11.8 Å². The van der Waals surface area contributed by atoms with Crippen LogP contribution in [0.2, 0.25) is 0 Å². The number of amides is 2. The summed E-state index contributed by atoms with van der Waals surface area (Å²) in [7, 11) is 1.89. The van der Waals surface area contributed by atoms with E-state index >= 15 is 0 Å². The number of thiophene rings is 1. The van der Waals surface area contributed by atoms with Crippen LogP contribution in [0.5, 0.6) is 0 Å². The Morgan fingerprint density at radius 1 is 1.23 bits per heavy atom. The summed E-state index contributed by atoms with van der Waals surface area (Å²) < 4.78 is 1.89. The highest BCUT2D eigenvalue weighted by Crippen LogP contribution is 2.11. The van der Waals surface area contributed by atoms with Crippen LogP contribution in [0, 0.1) is 0 Å². The second-order valence-corrected chi connectivity index (χ2v) is 6.76. The molecule has 0 aliphatic rings. The quantitative estimate of drug-likeness (QED) is 0.662. The zero-order valence-electron chi connectivity index (χ0n) is 15.5. The standard InChI is InChI=1S/C19H26N4O2S/c1-4-23(5-2)12-10-20-18(24)16(14-15-8-6-11-22(15)3)21-19(25)17-9-7-13-26-17/h6-9,11,13-14H,4-5,10,12H2,1-3H3,(H,20,24)(H,21,25)/b16-14-. The summed E-state index contributed by atoms with van der Waals surface area (Å²) in [5, 5.41) is 7.47. The average Bonchev–Trinajstić information content (AvgIpc) is 3.30. The first-order valence-electron chi connectivity index (χ1n) is 8.73. The van der Waals surface area contributed by atoms with Crippen molar-refractivity contribution in [3.05, 3.63) is 52.1 Å². The molecule has 0 aromatic carbocycles. The van der Waals surface area contributed by atoms with Crippen LogP contribution in [0.1, 0.15) is 29.2 Å². The molecule has 0 bridgehead atoms. The Bertz CT molecular complexity index is 745. The number of carbonyl (C=O) groups excluding carboxylic acids is 2. The fourth-order valence-electron chi connectivity index (χ4n) is 2.48. The minimum atomic E-state index is -0.289. The Balaban J connectivity index is 2.10. The maximum Gasteiger partial charge on any atom is 0.267 e. The minimum Gasteiger partial charge on any atom is -0.351 e. The highest BCUT2D eigenvalue weighted by Gasteiger charge is 2.15. The Labute approximate surface area is 158 Å². The van der Waals surface area contributed by atoms with Gasteiger partial charge in [0, 0.05) is 32.0 Å². The van der Waals surface area contributed by atoms with E-state index in [9.17, 15) is 9.59 Å². The summed E-state index contributed by atoms with van der Waals surface area (Å²) >= 11 is 1.34. The molecule has 6 nitrogen and oxygen atoms in total. The largest absolute Gasteiger partial charge is 0.351 e. The van der Waals surface area contributed by atoms with Crippen molar-refractivity contribution in [3.63, 3.8) is 0 Å². The van der Waals surface area contributed by atoms with E-state index in [0.717, 1.165) is 25.3 Å². The zero-order valence-corrected chi connectivity index (χ0v) is 16.3. The van der Waals surface area contributed by atoms with Crippen molar-refractivity contribution in [2.24, 2.45) is 7.05 Å². The molecular formula is C19H26N4O2S. The average molecular weight is 375 g/mol. The van der Waals surface area contributed by atoms with Gasteiger partial charge in [-0.25, -0.2) is 0 Å². The lowest BCUT2D eigenvalue weighted by Crippen LogP contribution is -2.39. The Kier molecular flexibility index (Phi) is 7.62. The zero-order chi connectivity index (χ0) is 18.9. The summed E-state index contributed by atoms with van der Waals surface area (Å²) in [6.07, 6.45) is 3.58. The molecule has 140 valence electrons. The molecule has 2 aromatic rings. The second-order valence-electron chi connectivity index (χ2n) is 5.82. The highest BCUT2D eigenvalue weighted by molar-refractivity contribution is 7.12. The van der Waals surface area contributed by atoms with Gasteiger partial charge in [0.15, 0.2) is 0 Å². The van der Waals surface area contributed by atoms with Crippen LogP contribution in [0.4, 0.5) is 0 Å². The number of carbonyl (C=O) groups is 2. The monoisotopic (exact) mass is 374 g/mol. The van der Waals surface area contributed by atoms with Crippen molar-refractivity contribution < 1.29 is 9.59 Å². The van der Waals surface area contributed by atoms with E-state index in [0.29, 0.717) is 11.4 Å². The van der Waals surface area contributed by atoms with Crippen LogP contribution >= 0.6 is 11.3 Å². The summed E-state index contributed by atoms with van der Waals surface area (Å²) in [6.45, 7) is 7.36. The van der Waals surface area contributed by atoms with Crippen LogP contribution in [0.25, 0.3) is 6.08 Å². The van der Waals surface area contributed by atoms with Crippen molar-refractivity contribution >= 4 is 29.2 Å². The molecule has 0 spiro atoms. The van der Waals surface area contributed by atoms with E-state index in [1.807, 2.05) is 41.4 Å². The van der Waals surface area contributed by atoms with E-state index in [-0.39, 0.29) is 17.5 Å². The SMILES string of the molecule is CCN(CC)CCNC(=O)/C(=C/c1cccn1C)NC(=O)c1cccs1. The van der Waals surface area contributed by atoms with Crippen LogP contribution in [-0.4, -0.2) is 47.5 Å². The van der Waals surface area contributed by atoms with Crippen LogP contribution in [0.15, 0.2) is 41.5 Å². The maximum atomic E-state index is 12.6. The Hall–Kier alpha value is -2.38. The second kappa shape index (κ2) is 9.94. The molecule has 0 unspecified atom stereocenters. The highest BCUT2D eigenvalue weighted by atomic mass is 32.1. The van der Waals surface area contributed by atoms with Crippen molar-refractivity contribution in [3.8, 4) is 0 Å². The third-order valence-corrected chi connectivity index (χ3v) is 4.99. The molecule has 7 heteroatoms. The van der Waals surface area contributed by atoms with E-state index in [1.165, 1.54) is 11.3 Å². The molecule has 2 rings (SSSR count). The molecule has 2 amide bonds. The number of hydrogen-bond donors (Lipinski definition) is 2. The number of nitrogens with zero attached hydrogens (tertiary/aromatic N) is 2. The predicted molar refractivity (Wildman–Crippen MR) is 106 cm³/mol. The fraction of sp³-hybridized carbons (Fsp3) is 0.368. The third kappa shape index (κ3) is 5.57. The summed E-state index contributed by atoms with van der Waals surface area (Å²) in [4.78, 5) is 27.8. The normalized spacial score (nSPS) is 11.6. The molecule has 0 saturated carbocycles. The van der Waals surface area contributed by atoms with Crippen molar-refractivity contribution in [1.82, 2.24) is 20.1 Å². The molecule has 0 radical (unpaired) electrons. The lowest BCUT2D eigenvalue weighted by atomic mass is 10.3. The molecular weight excluding hydrogens is 348 g/mol. The fourth-order valence-corrected chi connectivity index (χ4v) is 3.10. The van der Waals surface area contributed by atoms with Gasteiger partial charge in [-0.05, 0) is 42.7 Å². The molecule has 0 fully saturated rings. The van der Waals surface area contributed by atoms with Gasteiger partial charge >= 0.3 is 0 Å².